The van der Waals surface area contributed by atoms with E-state index in [-0.39, 0.29) is 10.1 Å². The molecule has 0 heterocycles. The zero-order valence-electron chi connectivity index (χ0n) is 7.35. The Morgan fingerprint density at radius 3 is 1.20 bits per heavy atom. The van der Waals surface area contributed by atoms with Gasteiger partial charge in [0.05, 0.1) is 22.5 Å². The van der Waals surface area contributed by atoms with Gasteiger partial charge in [-0.25, -0.2) is 0 Å². The number of hydrogen-bond donors (Lipinski definition) is 0. The Hall–Kier alpha value is -1.09. The van der Waals surface area contributed by atoms with Gasteiger partial charge in [0.25, 0.3) is 0 Å². The van der Waals surface area contributed by atoms with E-state index in [1.807, 2.05) is 36.4 Å². The number of rotatable bonds is 3. The number of carbonyl (C=O) groups excluding carboxylic acids is 1. The average molecular weight is 249 g/mol. The lowest BCUT2D eigenvalue weighted by molar-refractivity contribution is -0.111. The second kappa shape index (κ2) is 8.24. The minimum atomic E-state index is -3.03. The van der Waals surface area contributed by atoms with E-state index in [1.165, 1.54) is 0 Å². The van der Waals surface area contributed by atoms with Crippen molar-refractivity contribution in [3.05, 3.63) is 36.4 Å². The van der Waals surface area contributed by atoms with E-state index < -0.39 is 22.5 Å². The molecule has 6 nitrogen and oxygen atoms in total. The van der Waals surface area contributed by atoms with Crippen LogP contribution in [0.3, 0.4) is 0 Å². The van der Waals surface area contributed by atoms with Gasteiger partial charge in [-0.3, -0.25) is 13.2 Å². The molecule has 1 rings (SSSR count). The summed E-state index contributed by atoms with van der Waals surface area (Å²) >= 11 is -6.06. The predicted molar refractivity (Wildman–Crippen MR) is 52.2 cm³/mol. The van der Waals surface area contributed by atoms with Crippen molar-refractivity contribution >= 4 is 28.9 Å². The summed E-state index contributed by atoms with van der Waals surface area (Å²) < 4.78 is 38.3. The average Bonchev–Trinajstić information content (AvgIpc) is 2.21. The molecule has 84 valence electrons. The number of nitrogens with zero attached hydrogens (tertiary/aromatic N) is 1. The van der Waals surface area contributed by atoms with Crippen molar-refractivity contribution in [2.45, 2.75) is 0 Å². The van der Waals surface area contributed by atoms with Gasteiger partial charge in [-0.1, -0.05) is 36.4 Å². The predicted octanol–water partition coefficient (Wildman–Crippen LogP) is -0.280. The molecule has 0 bridgehead atoms. The fraction of sp³-hybridized carbons (Fsp3) is 0. The summed E-state index contributed by atoms with van der Waals surface area (Å²) in [7, 11) is 0. The van der Waals surface area contributed by atoms with Crippen molar-refractivity contribution in [3.63, 3.8) is 0 Å². The Morgan fingerprint density at radius 2 is 1.13 bits per heavy atom. The second-order valence-corrected chi connectivity index (χ2v) is 3.87. The molecule has 15 heavy (non-hydrogen) atoms. The number of benzene rings is 1. The summed E-state index contributed by atoms with van der Waals surface area (Å²) in [5.74, 6) is 0. The smallest absolute Gasteiger partial charge is 0.232 e. The first-order valence-corrected chi connectivity index (χ1v) is 5.59. The Balaban J connectivity index is 0.000000280. The van der Waals surface area contributed by atoms with E-state index in [2.05, 4.69) is 0 Å². The van der Waals surface area contributed by atoms with Crippen LogP contribution in [-0.4, -0.2) is 27.6 Å². The number of carbonyl (C=O) groups is 1. The molecule has 0 aliphatic heterocycles. The van der Waals surface area contributed by atoms with Gasteiger partial charge in [0.1, 0.15) is 0 Å². The summed E-state index contributed by atoms with van der Waals surface area (Å²) in [6, 6.07) is 12.0. The van der Waals surface area contributed by atoms with Crippen molar-refractivity contribution in [3.8, 4) is 0 Å². The Kier molecular flexibility index (Phi) is 7.64. The zero-order chi connectivity index (χ0) is 11.7. The van der Waals surface area contributed by atoms with E-state index in [4.69, 9.17) is 0 Å². The summed E-state index contributed by atoms with van der Waals surface area (Å²) in [6.45, 7) is 0. The molecule has 0 aliphatic carbocycles. The quantitative estimate of drug-likeness (QED) is 0.541. The van der Waals surface area contributed by atoms with Crippen LogP contribution in [0, 0.1) is 0 Å². The lowest BCUT2D eigenvalue weighted by atomic mass is 10.4. The molecule has 1 aromatic carbocycles. The highest BCUT2D eigenvalue weighted by atomic mass is 32.3. The van der Waals surface area contributed by atoms with E-state index in [1.54, 1.807) is 0 Å². The molecule has 2 atom stereocenters. The van der Waals surface area contributed by atoms with Gasteiger partial charge >= 0.3 is 0 Å². The van der Waals surface area contributed by atoms with E-state index in [9.17, 15) is 22.3 Å². The van der Waals surface area contributed by atoms with Crippen molar-refractivity contribution in [2.75, 3.05) is 0 Å². The Morgan fingerprint density at radius 1 is 0.867 bits per heavy atom. The summed E-state index contributed by atoms with van der Waals surface area (Å²) in [5, 5.41) is 0. The van der Waals surface area contributed by atoms with Crippen molar-refractivity contribution in [1.29, 1.82) is 0 Å². The van der Waals surface area contributed by atoms with Gasteiger partial charge in [-0.2, -0.15) is 3.71 Å². The van der Waals surface area contributed by atoms with Crippen LogP contribution in [0.25, 0.3) is 0 Å². The molecule has 0 spiro atoms. The van der Waals surface area contributed by atoms with Gasteiger partial charge in [0.2, 0.25) is 6.41 Å². The molecule has 8 heteroatoms. The summed E-state index contributed by atoms with van der Waals surface area (Å²) in [6.07, 6.45) is -0.327. The molecular weight excluding hydrogens is 242 g/mol. The highest BCUT2D eigenvalue weighted by molar-refractivity contribution is 7.93. The highest BCUT2D eigenvalue weighted by Crippen LogP contribution is 1.88. The highest BCUT2D eigenvalue weighted by Gasteiger charge is 1.98. The fourth-order valence-corrected chi connectivity index (χ4v) is 1.04. The summed E-state index contributed by atoms with van der Waals surface area (Å²) in [5.41, 5.74) is 0. The van der Waals surface area contributed by atoms with E-state index >= 15 is 0 Å². The molecule has 0 fully saturated rings. The summed E-state index contributed by atoms with van der Waals surface area (Å²) in [4.78, 5) is 9.53. The van der Waals surface area contributed by atoms with E-state index in [0.717, 1.165) is 0 Å². The molecule has 0 saturated heterocycles. The maximum absolute atomic E-state index is 9.67. The van der Waals surface area contributed by atoms with Crippen molar-refractivity contribution < 1.29 is 22.3 Å². The van der Waals surface area contributed by atoms with Gasteiger partial charge in [0, 0.05) is 0 Å². The SMILES string of the molecule is O=CN(S(=O)[O-])S(=O)[O-].c1ccccc1. The molecule has 2 unspecified atom stereocenters. The van der Waals surface area contributed by atoms with Crippen LogP contribution in [0.5, 0.6) is 0 Å². The normalized spacial score (nSPS) is 12.9. The van der Waals surface area contributed by atoms with Crippen LogP contribution in [0.1, 0.15) is 0 Å². The van der Waals surface area contributed by atoms with Crippen LogP contribution < -0.4 is 0 Å². The molecule has 0 aromatic heterocycles. The standard InChI is InChI=1S/C6H6.CH3NO5S2/c1-2-4-6-5-3-1;3-1-2(8(4)5)9(6)7/h1-6H;1H,(H,4,5)(H,6,7)/p-2. The molecule has 0 radical (unpaired) electrons. The minimum Gasteiger partial charge on any atom is -0.754 e. The third kappa shape index (κ3) is 6.91. The Labute approximate surface area is 91.7 Å². The third-order valence-corrected chi connectivity index (χ3v) is 2.54. The van der Waals surface area contributed by atoms with Crippen LogP contribution in [0.4, 0.5) is 0 Å². The zero-order valence-corrected chi connectivity index (χ0v) is 8.98. The monoisotopic (exact) mass is 249 g/mol. The van der Waals surface area contributed by atoms with Crippen molar-refractivity contribution in [2.24, 2.45) is 0 Å². The first-order valence-electron chi connectivity index (χ1n) is 3.53. The largest absolute Gasteiger partial charge is 0.754 e. The maximum atomic E-state index is 9.67. The van der Waals surface area contributed by atoms with Gasteiger partial charge < -0.3 is 9.11 Å². The first kappa shape index (κ1) is 13.9. The lowest BCUT2D eigenvalue weighted by Gasteiger charge is -2.19. The molecular formula is C7H7NO5S2-2. The fourth-order valence-electron chi connectivity index (χ4n) is 0.505. The van der Waals surface area contributed by atoms with Crippen LogP contribution >= 0.6 is 0 Å². The second-order valence-electron chi connectivity index (χ2n) is 1.98. The molecule has 0 aliphatic rings. The van der Waals surface area contributed by atoms with E-state index in [0.29, 0.717) is 0 Å². The molecule has 0 saturated carbocycles. The number of hydrogen-bond acceptors (Lipinski definition) is 5. The van der Waals surface area contributed by atoms with Crippen LogP contribution in [-0.2, 0) is 27.3 Å². The Bertz CT molecular complexity index is 291. The maximum Gasteiger partial charge on any atom is 0.232 e. The lowest BCUT2D eigenvalue weighted by Crippen LogP contribution is -2.25. The molecule has 0 N–H and O–H groups in total. The number of amides is 1. The third-order valence-electron chi connectivity index (χ3n) is 1.05. The first-order chi connectivity index (χ1) is 7.09. The molecule has 1 amide bonds. The topological polar surface area (TPSA) is 101 Å². The van der Waals surface area contributed by atoms with Crippen LogP contribution in [0.2, 0.25) is 0 Å². The van der Waals surface area contributed by atoms with Crippen molar-refractivity contribution in [1.82, 2.24) is 3.71 Å². The van der Waals surface area contributed by atoms with Gasteiger partial charge in [-0.05, 0) is 0 Å². The minimum absolute atomic E-state index is 0.327. The van der Waals surface area contributed by atoms with Gasteiger partial charge in [0.15, 0.2) is 0 Å². The molecule has 1 aromatic rings. The van der Waals surface area contributed by atoms with Crippen LogP contribution in [0.15, 0.2) is 36.4 Å². The van der Waals surface area contributed by atoms with Gasteiger partial charge in [-0.15, -0.1) is 0 Å².